The van der Waals surface area contributed by atoms with E-state index in [-0.39, 0.29) is 5.91 Å². The van der Waals surface area contributed by atoms with Crippen LogP contribution in [0.1, 0.15) is 28.6 Å². The Balaban J connectivity index is 1.45. The van der Waals surface area contributed by atoms with Gasteiger partial charge in [0.05, 0.1) is 24.9 Å². The van der Waals surface area contributed by atoms with Crippen LogP contribution in [-0.4, -0.2) is 47.3 Å². The molecule has 1 N–H and O–H groups in total. The predicted molar refractivity (Wildman–Crippen MR) is 113 cm³/mol. The van der Waals surface area contributed by atoms with Crippen LogP contribution in [0.4, 0.5) is 11.5 Å². The zero-order valence-corrected chi connectivity index (χ0v) is 17.1. The van der Waals surface area contributed by atoms with Gasteiger partial charge in [0.15, 0.2) is 5.82 Å². The van der Waals surface area contributed by atoms with Gasteiger partial charge in [-0.15, -0.1) is 0 Å². The molecular weight excluding hydrogens is 366 g/mol. The number of rotatable bonds is 7. The van der Waals surface area contributed by atoms with Crippen LogP contribution in [0.2, 0.25) is 0 Å². The van der Waals surface area contributed by atoms with Crippen molar-refractivity contribution in [2.24, 2.45) is 0 Å². The van der Waals surface area contributed by atoms with E-state index in [1.54, 1.807) is 12.3 Å². The van der Waals surface area contributed by atoms with E-state index in [9.17, 15) is 4.79 Å². The summed E-state index contributed by atoms with van der Waals surface area (Å²) in [4.78, 5) is 17.2. The molecule has 2 aromatic heterocycles. The van der Waals surface area contributed by atoms with Crippen molar-refractivity contribution in [3.8, 4) is 0 Å². The van der Waals surface area contributed by atoms with Crippen molar-refractivity contribution < 1.29 is 9.21 Å². The fourth-order valence-electron chi connectivity index (χ4n) is 3.73. The Bertz CT molecular complexity index is 991. The van der Waals surface area contributed by atoms with Gasteiger partial charge in [-0.1, -0.05) is 18.2 Å². The highest BCUT2D eigenvalue weighted by Gasteiger charge is 2.28. The number of para-hydroxylation sites is 1. The van der Waals surface area contributed by atoms with Gasteiger partial charge in [-0.2, -0.15) is 5.10 Å². The molecule has 0 fully saturated rings. The van der Waals surface area contributed by atoms with Gasteiger partial charge < -0.3 is 19.5 Å². The molecule has 1 amide bonds. The third kappa shape index (κ3) is 4.19. The summed E-state index contributed by atoms with van der Waals surface area (Å²) in [5.74, 6) is 1.01. The van der Waals surface area contributed by atoms with Gasteiger partial charge >= 0.3 is 0 Å². The molecule has 0 aliphatic carbocycles. The molecule has 1 aromatic carbocycles. The lowest BCUT2D eigenvalue weighted by molar-refractivity contribution is 0.102. The smallest absolute Gasteiger partial charge is 0.260 e. The molecule has 0 saturated heterocycles. The minimum Gasteiger partial charge on any atom is -0.467 e. The number of carbonyl (C=O) groups is 1. The van der Waals surface area contributed by atoms with Crippen LogP contribution in [0.15, 0.2) is 53.3 Å². The number of benzene rings is 1. The van der Waals surface area contributed by atoms with E-state index in [0.29, 0.717) is 29.7 Å². The summed E-state index contributed by atoms with van der Waals surface area (Å²) in [6.07, 6.45) is 4.45. The van der Waals surface area contributed by atoms with E-state index in [1.165, 1.54) is 11.3 Å². The number of anilines is 2. The summed E-state index contributed by atoms with van der Waals surface area (Å²) in [7, 11) is 4.04. The number of fused-ring (bicyclic) bond motifs is 1. The first-order valence-electron chi connectivity index (χ1n) is 9.91. The van der Waals surface area contributed by atoms with Crippen LogP contribution >= 0.6 is 0 Å². The van der Waals surface area contributed by atoms with Gasteiger partial charge in [-0.05, 0) is 45.1 Å². The molecule has 1 atom stereocenters. The number of furan rings is 1. The maximum atomic E-state index is 12.8. The lowest BCUT2D eigenvalue weighted by Crippen LogP contribution is -2.29. The second-order valence-electron chi connectivity index (χ2n) is 7.79. The highest BCUT2D eigenvalue weighted by atomic mass is 16.3. The maximum Gasteiger partial charge on any atom is 0.260 e. The third-order valence-corrected chi connectivity index (χ3v) is 5.31. The van der Waals surface area contributed by atoms with Crippen LogP contribution in [-0.2, 0) is 19.5 Å². The first kappa shape index (κ1) is 19.3. The van der Waals surface area contributed by atoms with Gasteiger partial charge in [0.2, 0.25) is 0 Å². The van der Waals surface area contributed by atoms with Gasteiger partial charge in [-0.25, -0.2) is 0 Å². The first-order chi connectivity index (χ1) is 14.0. The Kier molecular flexibility index (Phi) is 5.40. The van der Waals surface area contributed by atoms with Gasteiger partial charge in [0, 0.05) is 30.5 Å². The predicted octanol–water partition coefficient (Wildman–Crippen LogP) is 3.24. The molecule has 4 rings (SSSR count). The largest absolute Gasteiger partial charge is 0.467 e. The number of nitrogens with zero attached hydrogens (tertiary/aromatic N) is 4. The van der Waals surface area contributed by atoms with Crippen LogP contribution in [0.3, 0.4) is 0 Å². The van der Waals surface area contributed by atoms with Crippen molar-refractivity contribution in [3.05, 3.63) is 65.7 Å². The summed E-state index contributed by atoms with van der Waals surface area (Å²) < 4.78 is 7.51. The van der Waals surface area contributed by atoms with Gasteiger partial charge in [0.25, 0.3) is 5.91 Å². The number of nitrogens with one attached hydrogen (secondary N) is 1. The summed E-state index contributed by atoms with van der Waals surface area (Å²) >= 11 is 0. The first-order valence-corrected chi connectivity index (χ1v) is 9.91. The molecule has 7 nitrogen and oxygen atoms in total. The average Bonchev–Trinajstić information content (AvgIpc) is 3.40. The molecule has 0 saturated carbocycles. The standard InChI is InChI=1S/C22H27N5O2/c1-16-14-17-6-4-5-7-19(17)27(16)15-20-18(9-13-29-20)22(28)23-21-8-10-26(24-21)12-11-25(2)3/h4-10,13,16H,11-12,14-15H2,1-3H3,(H,23,24,28). The lowest BCUT2D eigenvalue weighted by atomic mass is 10.1. The van der Waals surface area contributed by atoms with Crippen molar-refractivity contribution in [1.29, 1.82) is 0 Å². The van der Waals surface area contributed by atoms with Crippen molar-refractivity contribution in [2.75, 3.05) is 30.9 Å². The van der Waals surface area contributed by atoms with Crippen molar-refractivity contribution in [2.45, 2.75) is 32.5 Å². The summed E-state index contributed by atoms with van der Waals surface area (Å²) in [5.41, 5.74) is 3.09. The van der Waals surface area contributed by atoms with Crippen LogP contribution in [0, 0.1) is 0 Å². The quantitative estimate of drug-likeness (QED) is 0.668. The number of aromatic nitrogens is 2. The van der Waals surface area contributed by atoms with Crippen molar-refractivity contribution in [1.82, 2.24) is 14.7 Å². The van der Waals surface area contributed by atoms with Crippen LogP contribution in [0.5, 0.6) is 0 Å². The summed E-state index contributed by atoms with van der Waals surface area (Å²) in [6, 6.07) is 12.3. The van der Waals surface area contributed by atoms with E-state index in [2.05, 4.69) is 45.3 Å². The van der Waals surface area contributed by atoms with Gasteiger partial charge in [-0.3, -0.25) is 9.48 Å². The molecule has 1 aliphatic heterocycles. The van der Waals surface area contributed by atoms with Crippen molar-refractivity contribution >= 4 is 17.4 Å². The third-order valence-electron chi connectivity index (χ3n) is 5.31. The highest BCUT2D eigenvalue weighted by Crippen LogP contribution is 2.33. The molecule has 29 heavy (non-hydrogen) atoms. The van der Waals surface area contributed by atoms with E-state index in [4.69, 9.17) is 4.42 Å². The number of amides is 1. The number of hydrogen-bond donors (Lipinski definition) is 1. The van der Waals surface area contributed by atoms with Gasteiger partial charge in [0.1, 0.15) is 5.76 Å². The zero-order chi connectivity index (χ0) is 20.4. The Morgan fingerprint density at radius 2 is 2.10 bits per heavy atom. The second-order valence-corrected chi connectivity index (χ2v) is 7.79. The second kappa shape index (κ2) is 8.13. The van der Waals surface area contributed by atoms with Crippen molar-refractivity contribution in [3.63, 3.8) is 0 Å². The average molecular weight is 393 g/mol. The molecule has 3 aromatic rings. The molecule has 1 aliphatic rings. The molecule has 152 valence electrons. The highest BCUT2D eigenvalue weighted by molar-refractivity contribution is 6.04. The maximum absolute atomic E-state index is 12.8. The van der Waals surface area contributed by atoms with Crippen LogP contribution < -0.4 is 10.2 Å². The van der Waals surface area contributed by atoms with E-state index < -0.39 is 0 Å². The number of hydrogen-bond acceptors (Lipinski definition) is 5. The number of likely N-dealkylation sites (N-methyl/N-ethyl adjacent to an activating group) is 1. The van der Waals surface area contributed by atoms with E-state index >= 15 is 0 Å². The Morgan fingerprint density at radius 1 is 1.28 bits per heavy atom. The molecular formula is C22H27N5O2. The fraction of sp³-hybridized carbons (Fsp3) is 0.364. The Hall–Kier alpha value is -3.06. The molecule has 0 radical (unpaired) electrons. The summed E-state index contributed by atoms with van der Waals surface area (Å²) in [6.45, 7) is 4.41. The summed E-state index contributed by atoms with van der Waals surface area (Å²) in [5, 5.41) is 7.31. The van der Waals surface area contributed by atoms with Crippen LogP contribution in [0.25, 0.3) is 0 Å². The minimum absolute atomic E-state index is 0.202. The van der Waals surface area contributed by atoms with E-state index in [1.807, 2.05) is 37.1 Å². The Labute approximate surface area is 170 Å². The SMILES string of the molecule is CC1Cc2ccccc2N1Cc1occc1C(=O)Nc1ccn(CCN(C)C)n1. The molecule has 0 bridgehead atoms. The van der Waals surface area contributed by atoms with E-state index in [0.717, 1.165) is 19.5 Å². The molecule has 7 heteroatoms. The lowest BCUT2D eigenvalue weighted by Gasteiger charge is -2.24. The monoisotopic (exact) mass is 393 g/mol. The fourth-order valence-corrected chi connectivity index (χ4v) is 3.73. The number of carbonyl (C=O) groups excluding carboxylic acids is 1. The Morgan fingerprint density at radius 3 is 2.93 bits per heavy atom. The molecule has 0 spiro atoms. The minimum atomic E-state index is -0.202. The zero-order valence-electron chi connectivity index (χ0n) is 17.1. The molecule has 1 unspecified atom stereocenters. The normalized spacial score (nSPS) is 15.7. The molecule has 3 heterocycles. The topological polar surface area (TPSA) is 66.5 Å².